The van der Waals surface area contributed by atoms with E-state index in [4.69, 9.17) is 0 Å². The van der Waals surface area contributed by atoms with Crippen LogP contribution in [-0.2, 0) is 0 Å². The predicted octanol–water partition coefficient (Wildman–Crippen LogP) is 4.02. The number of rotatable bonds is 5. The summed E-state index contributed by atoms with van der Waals surface area (Å²) in [5.74, 6) is -0.341. The molecule has 0 atom stereocenters. The maximum absolute atomic E-state index is 12.2. The van der Waals surface area contributed by atoms with Gasteiger partial charge in [0, 0.05) is 17.8 Å². The van der Waals surface area contributed by atoms with Crippen molar-refractivity contribution in [2.24, 2.45) is 5.10 Å². The van der Waals surface area contributed by atoms with E-state index in [1.165, 1.54) is 0 Å². The summed E-state index contributed by atoms with van der Waals surface area (Å²) < 4.78 is 0. The van der Waals surface area contributed by atoms with Gasteiger partial charge in [0.25, 0.3) is 5.91 Å². The van der Waals surface area contributed by atoms with Crippen molar-refractivity contribution in [2.75, 3.05) is 0 Å². The average Bonchev–Trinajstić information content (AvgIpc) is 2.69. The van der Waals surface area contributed by atoms with Gasteiger partial charge in [-0.2, -0.15) is 5.10 Å². The highest BCUT2D eigenvalue weighted by Gasteiger charge is 2.17. The van der Waals surface area contributed by atoms with E-state index in [0.29, 0.717) is 5.69 Å². The number of aromatic nitrogens is 1. The van der Waals surface area contributed by atoms with Crippen molar-refractivity contribution >= 4 is 11.6 Å². The van der Waals surface area contributed by atoms with E-state index in [2.05, 4.69) is 39.8 Å². The molecule has 4 heteroatoms. The lowest BCUT2D eigenvalue weighted by atomic mass is 9.88. The maximum atomic E-state index is 12.2. The Labute approximate surface area is 147 Å². The Kier molecular flexibility index (Phi) is 5.32. The van der Waals surface area contributed by atoms with E-state index in [0.717, 1.165) is 16.8 Å². The molecule has 1 heterocycles. The lowest BCUT2D eigenvalue weighted by molar-refractivity contribution is 0.0949. The summed E-state index contributed by atoms with van der Waals surface area (Å²) >= 11 is 0. The monoisotopic (exact) mass is 329 g/mol. The third kappa shape index (κ3) is 4.18. The van der Waals surface area contributed by atoms with Crippen LogP contribution in [0, 0.1) is 0 Å². The van der Waals surface area contributed by atoms with Gasteiger partial charge in [-0.25, -0.2) is 5.43 Å². The smallest absolute Gasteiger partial charge is 0.266 e. The Bertz CT molecular complexity index is 807. The first kappa shape index (κ1) is 16.6. The molecule has 4 nitrogen and oxygen atoms in total. The van der Waals surface area contributed by atoms with Gasteiger partial charge in [0.2, 0.25) is 0 Å². The zero-order chi connectivity index (χ0) is 17.5. The molecule has 124 valence electrons. The summed E-state index contributed by atoms with van der Waals surface area (Å²) in [6.45, 7) is 1.92. The molecule has 3 aromatic rings. The molecule has 0 saturated carbocycles. The molecule has 1 aromatic heterocycles. The predicted molar refractivity (Wildman–Crippen MR) is 99.5 cm³/mol. The van der Waals surface area contributed by atoms with E-state index in [1.54, 1.807) is 24.4 Å². The molecule has 3 rings (SSSR count). The Balaban J connectivity index is 1.87. The fourth-order valence-electron chi connectivity index (χ4n) is 2.72. The van der Waals surface area contributed by atoms with Crippen molar-refractivity contribution in [1.82, 2.24) is 10.4 Å². The molecule has 2 aromatic carbocycles. The van der Waals surface area contributed by atoms with Crippen LogP contribution in [0.2, 0.25) is 0 Å². The minimum Gasteiger partial charge on any atom is -0.266 e. The number of nitrogens with zero attached hydrogens (tertiary/aromatic N) is 2. The zero-order valence-electron chi connectivity index (χ0n) is 14.0. The summed E-state index contributed by atoms with van der Waals surface area (Å²) in [5, 5.41) is 4.33. The van der Waals surface area contributed by atoms with E-state index < -0.39 is 0 Å². The maximum Gasteiger partial charge on any atom is 0.289 e. The third-order valence-corrected chi connectivity index (χ3v) is 3.91. The number of pyridine rings is 1. The highest BCUT2D eigenvalue weighted by Crippen LogP contribution is 2.25. The van der Waals surface area contributed by atoms with Gasteiger partial charge < -0.3 is 0 Å². The Morgan fingerprint density at radius 3 is 1.96 bits per heavy atom. The standard InChI is InChI=1S/C21H19N3O/c1-16(23-24-21(25)19-14-8-9-15-22-19)20(17-10-4-2-5-11-17)18-12-6-3-7-13-18/h2-15,20H,1H3,(H,24,25)/b23-16-. The summed E-state index contributed by atoms with van der Waals surface area (Å²) in [5.41, 5.74) is 6.01. The largest absolute Gasteiger partial charge is 0.289 e. The third-order valence-electron chi connectivity index (χ3n) is 3.91. The number of hydrogen-bond acceptors (Lipinski definition) is 3. The van der Waals surface area contributed by atoms with Gasteiger partial charge in [-0.15, -0.1) is 0 Å². The second-order valence-corrected chi connectivity index (χ2v) is 5.66. The summed E-state index contributed by atoms with van der Waals surface area (Å²) in [7, 11) is 0. The highest BCUT2D eigenvalue weighted by molar-refractivity contribution is 5.96. The topological polar surface area (TPSA) is 54.4 Å². The van der Waals surface area contributed by atoms with Crippen molar-refractivity contribution < 1.29 is 4.79 Å². The van der Waals surface area contributed by atoms with Gasteiger partial charge in [-0.3, -0.25) is 9.78 Å². The van der Waals surface area contributed by atoms with Crippen LogP contribution in [0.25, 0.3) is 0 Å². The number of amides is 1. The molecular weight excluding hydrogens is 310 g/mol. The molecule has 0 unspecified atom stereocenters. The summed E-state index contributed by atoms with van der Waals surface area (Å²) in [4.78, 5) is 16.2. The number of carbonyl (C=O) groups excluding carboxylic acids is 1. The summed E-state index contributed by atoms with van der Waals surface area (Å²) in [6.07, 6.45) is 1.59. The van der Waals surface area contributed by atoms with Gasteiger partial charge in [0.15, 0.2) is 0 Å². The molecule has 0 aliphatic carbocycles. The van der Waals surface area contributed by atoms with Crippen molar-refractivity contribution in [1.29, 1.82) is 0 Å². The molecule has 0 fully saturated rings. The first-order valence-corrected chi connectivity index (χ1v) is 8.11. The highest BCUT2D eigenvalue weighted by atomic mass is 16.2. The quantitative estimate of drug-likeness (QED) is 0.568. The second kappa shape index (κ2) is 8.02. The molecule has 0 spiro atoms. The molecule has 0 aliphatic rings. The number of hydrazone groups is 1. The number of benzene rings is 2. The van der Waals surface area contributed by atoms with E-state index in [-0.39, 0.29) is 11.8 Å². The van der Waals surface area contributed by atoms with Crippen molar-refractivity contribution in [3.8, 4) is 0 Å². The van der Waals surface area contributed by atoms with Gasteiger partial charge in [-0.1, -0.05) is 66.7 Å². The molecule has 0 bridgehead atoms. The van der Waals surface area contributed by atoms with Gasteiger partial charge in [0.05, 0.1) is 0 Å². The minimum atomic E-state index is -0.320. The van der Waals surface area contributed by atoms with Crippen molar-refractivity contribution in [3.05, 3.63) is 102 Å². The van der Waals surface area contributed by atoms with Crippen LogP contribution < -0.4 is 5.43 Å². The molecule has 0 radical (unpaired) electrons. The molecular formula is C21H19N3O. The molecule has 1 amide bonds. The van der Waals surface area contributed by atoms with Crippen molar-refractivity contribution in [3.63, 3.8) is 0 Å². The average molecular weight is 329 g/mol. The zero-order valence-corrected chi connectivity index (χ0v) is 14.0. The van der Waals surface area contributed by atoms with E-state index >= 15 is 0 Å². The van der Waals surface area contributed by atoms with Gasteiger partial charge in [0.1, 0.15) is 5.69 Å². The number of hydrogen-bond donors (Lipinski definition) is 1. The Morgan fingerprint density at radius 2 is 1.44 bits per heavy atom. The molecule has 0 saturated heterocycles. The van der Waals surface area contributed by atoms with Crippen molar-refractivity contribution in [2.45, 2.75) is 12.8 Å². The fraction of sp³-hybridized carbons (Fsp3) is 0.0952. The summed E-state index contributed by atoms with van der Waals surface area (Å²) in [6, 6.07) is 25.5. The van der Waals surface area contributed by atoms with E-state index in [1.807, 2.05) is 43.3 Å². The SMILES string of the molecule is C/C(=N/NC(=O)c1ccccn1)C(c1ccccc1)c1ccccc1. The van der Waals surface area contributed by atoms with Crippen LogP contribution in [0.1, 0.15) is 34.5 Å². The normalized spacial score (nSPS) is 11.4. The van der Waals surface area contributed by atoms with Crippen LogP contribution in [0.5, 0.6) is 0 Å². The van der Waals surface area contributed by atoms with E-state index in [9.17, 15) is 4.79 Å². The van der Waals surface area contributed by atoms with Crippen LogP contribution in [0.15, 0.2) is 90.2 Å². The second-order valence-electron chi connectivity index (χ2n) is 5.66. The fourth-order valence-corrected chi connectivity index (χ4v) is 2.72. The Morgan fingerprint density at radius 1 is 0.880 bits per heavy atom. The lowest BCUT2D eigenvalue weighted by Gasteiger charge is -2.18. The van der Waals surface area contributed by atoms with Crippen LogP contribution in [0.3, 0.4) is 0 Å². The van der Waals surface area contributed by atoms with Crippen LogP contribution in [0.4, 0.5) is 0 Å². The molecule has 25 heavy (non-hydrogen) atoms. The molecule has 0 aliphatic heterocycles. The van der Waals surface area contributed by atoms with Gasteiger partial charge in [-0.05, 0) is 30.2 Å². The number of nitrogens with one attached hydrogen (secondary N) is 1. The van der Waals surface area contributed by atoms with Crippen LogP contribution in [-0.4, -0.2) is 16.6 Å². The van der Waals surface area contributed by atoms with Crippen LogP contribution >= 0.6 is 0 Å². The first-order valence-electron chi connectivity index (χ1n) is 8.11. The minimum absolute atomic E-state index is 0.0218. The number of carbonyl (C=O) groups is 1. The lowest BCUT2D eigenvalue weighted by Crippen LogP contribution is -2.22. The van der Waals surface area contributed by atoms with Gasteiger partial charge >= 0.3 is 0 Å². The molecule has 1 N–H and O–H groups in total. The Hall–Kier alpha value is -3.27. The first-order chi connectivity index (χ1) is 12.3.